The Kier molecular flexibility index (Phi) is 6.24. The van der Waals surface area contributed by atoms with Crippen molar-refractivity contribution in [3.05, 3.63) is 29.8 Å². The number of benzene rings is 1. The highest BCUT2D eigenvalue weighted by atomic mass is 16.5. The van der Waals surface area contributed by atoms with Crippen LogP contribution in [0.25, 0.3) is 0 Å². The van der Waals surface area contributed by atoms with E-state index in [1.165, 1.54) is 12.0 Å². The first-order valence-corrected chi connectivity index (χ1v) is 8.32. The normalized spacial score (nSPS) is 26.4. The number of nitrogens with zero attached hydrogens (tertiary/aromatic N) is 2. The van der Waals surface area contributed by atoms with Gasteiger partial charge in [0.05, 0.1) is 7.11 Å². The lowest BCUT2D eigenvalue weighted by atomic mass is 9.88. The third-order valence-electron chi connectivity index (χ3n) is 5.00. The van der Waals surface area contributed by atoms with Crippen LogP contribution in [0.3, 0.4) is 0 Å². The van der Waals surface area contributed by atoms with Gasteiger partial charge in [0.1, 0.15) is 5.75 Å². The summed E-state index contributed by atoms with van der Waals surface area (Å²) in [6, 6.07) is 9.64. The molecule has 1 aliphatic heterocycles. The Bertz CT molecular complexity index is 448. The molecule has 1 heterocycles. The third kappa shape index (κ3) is 4.22. The van der Waals surface area contributed by atoms with Crippen LogP contribution >= 0.6 is 0 Å². The maximum Gasteiger partial charge on any atom is 0.118 e. The third-order valence-corrected chi connectivity index (χ3v) is 5.00. The zero-order valence-corrected chi connectivity index (χ0v) is 14.5. The molecule has 1 fully saturated rings. The van der Waals surface area contributed by atoms with E-state index in [1.54, 1.807) is 7.11 Å². The van der Waals surface area contributed by atoms with Gasteiger partial charge in [0.25, 0.3) is 0 Å². The fourth-order valence-corrected chi connectivity index (χ4v) is 3.52. The average Bonchev–Trinajstić information content (AvgIpc) is 2.51. The number of ether oxygens (including phenoxy) is 1. The molecule has 0 saturated carbocycles. The Morgan fingerprint density at radius 3 is 2.55 bits per heavy atom. The molecule has 1 aliphatic rings. The molecule has 0 bridgehead atoms. The first kappa shape index (κ1) is 17.3. The van der Waals surface area contributed by atoms with Crippen LogP contribution in [0.4, 0.5) is 0 Å². The number of hydrogen-bond donors (Lipinski definition) is 1. The van der Waals surface area contributed by atoms with E-state index >= 15 is 0 Å². The summed E-state index contributed by atoms with van der Waals surface area (Å²) in [6.07, 6.45) is 1.22. The van der Waals surface area contributed by atoms with Crippen LogP contribution < -0.4 is 10.5 Å². The summed E-state index contributed by atoms with van der Waals surface area (Å²) in [5.41, 5.74) is 7.20. The lowest BCUT2D eigenvalue weighted by molar-refractivity contribution is 0.0428. The van der Waals surface area contributed by atoms with Gasteiger partial charge in [-0.3, -0.25) is 4.90 Å². The van der Waals surface area contributed by atoms with E-state index in [-0.39, 0.29) is 0 Å². The van der Waals surface area contributed by atoms with Gasteiger partial charge in [0, 0.05) is 38.3 Å². The number of rotatable bonds is 6. The number of hydrogen-bond acceptors (Lipinski definition) is 4. The van der Waals surface area contributed by atoms with Gasteiger partial charge in [-0.1, -0.05) is 19.1 Å². The highest BCUT2D eigenvalue weighted by molar-refractivity contribution is 5.27. The zero-order chi connectivity index (χ0) is 16.1. The molecule has 2 rings (SSSR count). The maximum absolute atomic E-state index is 5.87. The minimum absolute atomic E-state index is 0.608. The van der Waals surface area contributed by atoms with E-state index in [2.05, 4.69) is 42.8 Å². The predicted molar refractivity (Wildman–Crippen MR) is 92.1 cm³/mol. The topological polar surface area (TPSA) is 41.7 Å². The van der Waals surface area contributed by atoms with E-state index in [4.69, 9.17) is 10.5 Å². The summed E-state index contributed by atoms with van der Waals surface area (Å²) in [6.45, 7) is 8.49. The van der Waals surface area contributed by atoms with Crippen molar-refractivity contribution in [3.63, 3.8) is 0 Å². The molecule has 1 aromatic rings. The lowest BCUT2D eigenvalue weighted by Crippen LogP contribution is -2.53. The van der Waals surface area contributed by atoms with Crippen molar-refractivity contribution in [1.29, 1.82) is 0 Å². The quantitative estimate of drug-likeness (QED) is 0.875. The van der Waals surface area contributed by atoms with Crippen LogP contribution in [0.15, 0.2) is 24.3 Å². The molecular weight excluding hydrogens is 274 g/mol. The second-order valence-corrected chi connectivity index (χ2v) is 6.68. The molecule has 4 nitrogen and oxygen atoms in total. The summed E-state index contributed by atoms with van der Waals surface area (Å²) >= 11 is 0. The Labute approximate surface area is 135 Å². The fourth-order valence-electron chi connectivity index (χ4n) is 3.52. The molecule has 0 aliphatic carbocycles. The Morgan fingerprint density at radius 1 is 1.27 bits per heavy atom. The largest absolute Gasteiger partial charge is 0.497 e. The van der Waals surface area contributed by atoms with Crippen molar-refractivity contribution in [1.82, 2.24) is 9.80 Å². The summed E-state index contributed by atoms with van der Waals surface area (Å²) in [5.74, 6) is 1.58. The van der Waals surface area contributed by atoms with Gasteiger partial charge >= 0.3 is 0 Å². The first-order chi connectivity index (χ1) is 10.5. The van der Waals surface area contributed by atoms with Gasteiger partial charge in [0.2, 0.25) is 0 Å². The van der Waals surface area contributed by atoms with E-state index in [0.717, 1.165) is 25.4 Å². The zero-order valence-electron chi connectivity index (χ0n) is 14.5. The standard InChI is InChI=1S/C18H31N3O/c1-14-12-20(3)15(2)11-18(14)21(10-9-19)13-16-5-7-17(22-4)8-6-16/h5-8,14-15,18H,9-13,19H2,1-4H3/t14-,15-,18-/m1/s1. The number of piperidine rings is 1. The first-order valence-electron chi connectivity index (χ1n) is 8.32. The highest BCUT2D eigenvalue weighted by Crippen LogP contribution is 2.26. The number of methoxy groups -OCH3 is 1. The minimum Gasteiger partial charge on any atom is -0.497 e. The van der Waals surface area contributed by atoms with Crippen LogP contribution in [0.5, 0.6) is 5.75 Å². The fraction of sp³-hybridized carbons (Fsp3) is 0.667. The molecule has 0 spiro atoms. The molecule has 1 saturated heterocycles. The van der Waals surface area contributed by atoms with Crippen molar-refractivity contribution in [2.75, 3.05) is 33.8 Å². The molecule has 124 valence electrons. The number of nitrogens with two attached hydrogens (primary N) is 1. The van der Waals surface area contributed by atoms with Crippen molar-refractivity contribution >= 4 is 0 Å². The SMILES string of the molecule is COc1ccc(CN(CCN)[C@@H]2C[C@@H](C)N(C)C[C@H]2C)cc1. The van der Waals surface area contributed by atoms with Gasteiger partial charge in [-0.05, 0) is 44.0 Å². The lowest BCUT2D eigenvalue weighted by Gasteiger charge is -2.45. The molecule has 0 radical (unpaired) electrons. The van der Waals surface area contributed by atoms with Crippen LogP contribution in [0.2, 0.25) is 0 Å². The van der Waals surface area contributed by atoms with Gasteiger partial charge in [0.15, 0.2) is 0 Å². The average molecular weight is 305 g/mol. The van der Waals surface area contributed by atoms with Crippen LogP contribution in [0.1, 0.15) is 25.8 Å². The molecule has 0 unspecified atom stereocenters. The maximum atomic E-state index is 5.87. The second kappa shape index (κ2) is 7.95. The Hall–Kier alpha value is -1.10. The van der Waals surface area contributed by atoms with Gasteiger partial charge in [-0.2, -0.15) is 0 Å². The van der Waals surface area contributed by atoms with E-state index in [1.807, 2.05) is 12.1 Å². The molecule has 0 amide bonds. The van der Waals surface area contributed by atoms with E-state index in [0.29, 0.717) is 24.5 Å². The van der Waals surface area contributed by atoms with Crippen LogP contribution in [0, 0.1) is 5.92 Å². The van der Waals surface area contributed by atoms with Crippen LogP contribution in [-0.2, 0) is 6.54 Å². The predicted octanol–water partition coefficient (Wildman–Crippen LogP) is 2.18. The molecule has 1 aromatic carbocycles. The highest BCUT2D eigenvalue weighted by Gasteiger charge is 2.32. The van der Waals surface area contributed by atoms with Crippen molar-refractivity contribution in [3.8, 4) is 5.75 Å². The number of likely N-dealkylation sites (tertiary alicyclic amines) is 1. The smallest absolute Gasteiger partial charge is 0.118 e. The van der Waals surface area contributed by atoms with E-state index < -0.39 is 0 Å². The summed E-state index contributed by atoms with van der Waals surface area (Å²) in [7, 11) is 3.94. The summed E-state index contributed by atoms with van der Waals surface area (Å²) in [5, 5.41) is 0. The molecule has 2 N–H and O–H groups in total. The van der Waals surface area contributed by atoms with Crippen molar-refractivity contribution < 1.29 is 4.74 Å². The Morgan fingerprint density at radius 2 is 1.95 bits per heavy atom. The van der Waals surface area contributed by atoms with Gasteiger partial charge in [-0.25, -0.2) is 0 Å². The summed E-state index contributed by atoms with van der Waals surface area (Å²) < 4.78 is 5.24. The monoisotopic (exact) mass is 305 g/mol. The molecular formula is C18H31N3O. The van der Waals surface area contributed by atoms with Gasteiger partial charge in [-0.15, -0.1) is 0 Å². The molecule has 0 aromatic heterocycles. The van der Waals surface area contributed by atoms with Gasteiger partial charge < -0.3 is 15.4 Å². The molecule has 4 heteroatoms. The van der Waals surface area contributed by atoms with Crippen LogP contribution in [-0.4, -0.2) is 55.7 Å². The Balaban J connectivity index is 2.07. The minimum atomic E-state index is 0.608. The van der Waals surface area contributed by atoms with Crippen molar-refractivity contribution in [2.24, 2.45) is 11.7 Å². The summed E-state index contributed by atoms with van der Waals surface area (Å²) in [4.78, 5) is 5.03. The van der Waals surface area contributed by atoms with Crippen molar-refractivity contribution in [2.45, 2.75) is 38.9 Å². The molecule has 3 atom stereocenters. The van der Waals surface area contributed by atoms with E-state index in [9.17, 15) is 0 Å². The second-order valence-electron chi connectivity index (χ2n) is 6.68. The molecule has 22 heavy (non-hydrogen) atoms.